The number of sulfonamides is 1. The molecule has 30 heavy (non-hydrogen) atoms. The standard InChI is InChI=1S/C22H28N2O5S/c1-15-7-9-18(30(26,27)24-11-5-6-12-24)14-19(15)22(25)23-16(2)20-13-17(28-3)8-10-21(20)29-4/h7-10,13-14,16H,5-6,11-12H2,1-4H3,(H,23,25)/t16-/m0/s1. The highest BCUT2D eigenvalue weighted by Gasteiger charge is 2.28. The number of nitrogens with zero attached hydrogens (tertiary/aromatic N) is 1. The molecule has 3 rings (SSSR count). The smallest absolute Gasteiger partial charge is 0.252 e. The van der Waals surface area contributed by atoms with Gasteiger partial charge in [-0.1, -0.05) is 6.07 Å². The van der Waals surface area contributed by atoms with Gasteiger partial charge < -0.3 is 14.8 Å². The molecule has 8 heteroatoms. The summed E-state index contributed by atoms with van der Waals surface area (Å²) in [5.41, 5.74) is 1.81. The molecule has 1 atom stereocenters. The van der Waals surface area contributed by atoms with E-state index in [1.54, 1.807) is 45.4 Å². The highest BCUT2D eigenvalue weighted by Crippen LogP contribution is 2.30. The quantitative estimate of drug-likeness (QED) is 0.726. The van der Waals surface area contributed by atoms with Gasteiger partial charge in [0.1, 0.15) is 11.5 Å². The van der Waals surface area contributed by atoms with E-state index in [1.807, 2.05) is 13.0 Å². The molecule has 1 amide bonds. The fourth-order valence-corrected chi connectivity index (χ4v) is 5.16. The fraction of sp³-hybridized carbons (Fsp3) is 0.409. The molecule has 0 aliphatic carbocycles. The lowest BCUT2D eigenvalue weighted by Crippen LogP contribution is -2.30. The van der Waals surface area contributed by atoms with Crippen molar-refractivity contribution in [2.24, 2.45) is 0 Å². The molecule has 1 aliphatic rings. The zero-order valence-corrected chi connectivity index (χ0v) is 18.6. The molecule has 1 heterocycles. The molecule has 1 saturated heterocycles. The maximum Gasteiger partial charge on any atom is 0.252 e. The van der Waals surface area contributed by atoms with Gasteiger partial charge in [0.25, 0.3) is 5.91 Å². The number of ether oxygens (including phenoxy) is 2. The second-order valence-corrected chi connectivity index (χ2v) is 9.33. The number of carbonyl (C=O) groups excluding carboxylic acids is 1. The lowest BCUT2D eigenvalue weighted by Gasteiger charge is -2.20. The Hall–Kier alpha value is -2.58. The Morgan fingerprint density at radius 1 is 1.07 bits per heavy atom. The fourth-order valence-electron chi connectivity index (χ4n) is 3.61. The number of amides is 1. The predicted molar refractivity (Wildman–Crippen MR) is 115 cm³/mol. The summed E-state index contributed by atoms with van der Waals surface area (Å²) in [6, 6.07) is 9.71. The number of nitrogens with one attached hydrogen (secondary N) is 1. The third-order valence-corrected chi connectivity index (χ3v) is 7.30. The summed E-state index contributed by atoms with van der Waals surface area (Å²) >= 11 is 0. The molecule has 0 saturated carbocycles. The molecule has 0 aromatic heterocycles. The molecule has 2 aromatic rings. The van der Waals surface area contributed by atoms with Gasteiger partial charge in [0.05, 0.1) is 25.2 Å². The Balaban J connectivity index is 1.87. The van der Waals surface area contributed by atoms with Gasteiger partial charge in [-0.15, -0.1) is 0 Å². The Morgan fingerprint density at radius 3 is 2.40 bits per heavy atom. The first-order chi connectivity index (χ1) is 14.3. The number of hydrogen-bond donors (Lipinski definition) is 1. The van der Waals surface area contributed by atoms with Gasteiger partial charge in [-0.25, -0.2) is 8.42 Å². The largest absolute Gasteiger partial charge is 0.497 e. The first kappa shape index (κ1) is 22.1. The monoisotopic (exact) mass is 432 g/mol. The summed E-state index contributed by atoms with van der Waals surface area (Å²) in [7, 11) is -0.455. The van der Waals surface area contributed by atoms with Crippen molar-refractivity contribution in [3.05, 3.63) is 53.1 Å². The van der Waals surface area contributed by atoms with E-state index < -0.39 is 10.0 Å². The van der Waals surface area contributed by atoms with Crippen LogP contribution in [0.4, 0.5) is 0 Å². The van der Waals surface area contributed by atoms with Crippen molar-refractivity contribution in [1.29, 1.82) is 0 Å². The van der Waals surface area contributed by atoms with Crippen LogP contribution in [0, 0.1) is 6.92 Å². The lowest BCUT2D eigenvalue weighted by molar-refractivity contribution is 0.0938. The molecule has 0 radical (unpaired) electrons. The first-order valence-corrected chi connectivity index (χ1v) is 11.4. The van der Waals surface area contributed by atoms with Crippen LogP contribution >= 0.6 is 0 Å². The highest BCUT2D eigenvalue weighted by atomic mass is 32.2. The zero-order valence-electron chi connectivity index (χ0n) is 17.8. The molecule has 7 nitrogen and oxygen atoms in total. The van der Waals surface area contributed by atoms with Crippen molar-refractivity contribution in [1.82, 2.24) is 9.62 Å². The SMILES string of the molecule is COc1ccc(OC)c([C@H](C)NC(=O)c2cc(S(=O)(=O)N3CCCC3)ccc2C)c1. The summed E-state index contributed by atoms with van der Waals surface area (Å²) in [6.07, 6.45) is 1.72. The van der Waals surface area contributed by atoms with Crippen LogP contribution in [0.1, 0.15) is 47.3 Å². The summed E-state index contributed by atoms with van der Waals surface area (Å²) in [5, 5.41) is 2.94. The van der Waals surface area contributed by atoms with E-state index in [2.05, 4.69) is 5.32 Å². The van der Waals surface area contributed by atoms with Crippen molar-refractivity contribution in [3.63, 3.8) is 0 Å². The summed E-state index contributed by atoms with van der Waals surface area (Å²) < 4.78 is 37.9. The van der Waals surface area contributed by atoms with E-state index in [0.717, 1.165) is 18.4 Å². The second-order valence-electron chi connectivity index (χ2n) is 7.39. The zero-order chi connectivity index (χ0) is 21.9. The predicted octanol–water partition coefficient (Wildman–Crippen LogP) is 3.29. The topological polar surface area (TPSA) is 84.9 Å². The van der Waals surface area contributed by atoms with Crippen LogP contribution in [0.3, 0.4) is 0 Å². The van der Waals surface area contributed by atoms with Crippen LogP contribution in [0.15, 0.2) is 41.3 Å². The average Bonchev–Trinajstić information content (AvgIpc) is 3.29. The summed E-state index contributed by atoms with van der Waals surface area (Å²) in [6.45, 7) is 4.67. The van der Waals surface area contributed by atoms with Crippen LogP contribution in [-0.2, 0) is 10.0 Å². The Bertz CT molecular complexity index is 1030. The molecule has 1 N–H and O–H groups in total. The molecule has 0 bridgehead atoms. The molecular formula is C22H28N2O5S. The second kappa shape index (κ2) is 9.06. The minimum absolute atomic E-state index is 0.145. The molecule has 1 aliphatic heterocycles. The van der Waals surface area contributed by atoms with Gasteiger partial charge in [0.2, 0.25) is 10.0 Å². The van der Waals surface area contributed by atoms with Gasteiger partial charge >= 0.3 is 0 Å². The third kappa shape index (κ3) is 4.44. The number of carbonyl (C=O) groups is 1. The third-order valence-electron chi connectivity index (χ3n) is 5.41. The van der Waals surface area contributed by atoms with Crippen molar-refractivity contribution >= 4 is 15.9 Å². The van der Waals surface area contributed by atoms with Crippen molar-refractivity contribution in [2.75, 3.05) is 27.3 Å². The molecule has 1 fully saturated rings. The van der Waals surface area contributed by atoms with Crippen molar-refractivity contribution in [3.8, 4) is 11.5 Å². The highest BCUT2D eigenvalue weighted by molar-refractivity contribution is 7.89. The van der Waals surface area contributed by atoms with Gasteiger partial charge in [0, 0.05) is 24.2 Å². The van der Waals surface area contributed by atoms with E-state index in [9.17, 15) is 13.2 Å². The van der Waals surface area contributed by atoms with Gasteiger partial charge in [-0.3, -0.25) is 4.79 Å². The number of hydrogen-bond acceptors (Lipinski definition) is 5. The van der Waals surface area contributed by atoms with Gasteiger partial charge in [-0.2, -0.15) is 4.31 Å². The van der Waals surface area contributed by atoms with E-state index in [4.69, 9.17) is 9.47 Å². The van der Waals surface area contributed by atoms with Crippen molar-refractivity contribution in [2.45, 2.75) is 37.6 Å². The van der Waals surface area contributed by atoms with Gasteiger partial charge in [-0.05, 0) is 62.6 Å². The molecule has 0 unspecified atom stereocenters. The minimum atomic E-state index is -3.59. The average molecular weight is 433 g/mol. The van der Waals surface area contributed by atoms with Crippen LogP contribution in [0.5, 0.6) is 11.5 Å². The lowest BCUT2D eigenvalue weighted by atomic mass is 10.0. The van der Waals surface area contributed by atoms with Crippen LogP contribution < -0.4 is 14.8 Å². The molecule has 0 spiro atoms. The van der Waals surface area contributed by atoms with E-state index in [1.165, 1.54) is 10.4 Å². The number of methoxy groups -OCH3 is 2. The normalized spacial score (nSPS) is 15.6. The Kier molecular flexibility index (Phi) is 6.67. The number of benzene rings is 2. The van der Waals surface area contributed by atoms with Crippen LogP contribution in [-0.4, -0.2) is 45.9 Å². The van der Waals surface area contributed by atoms with Crippen LogP contribution in [0.2, 0.25) is 0 Å². The van der Waals surface area contributed by atoms with Gasteiger partial charge in [0.15, 0.2) is 0 Å². The van der Waals surface area contributed by atoms with E-state index >= 15 is 0 Å². The first-order valence-electron chi connectivity index (χ1n) is 9.91. The summed E-state index contributed by atoms with van der Waals surface area (Å²) in [4.78, 5) is 13.2. The molecule has 2 aromatic carbocycles. The number of aryl methyl sites for hydroxylation is 1. The van der Waals surface area contributed by atoms with Crippen molar-refractivity contribution < 1.29 is 22.7 Å². The minimum Gasteiger partial charge on any atom is -0.497 e. The molecular weight excluding hydrogens is 404 g/mol. The summed E-state index contributed by atoms with van der Waals surface area (Å²) in [5.74, 6) is 0.941. The maximum atomic E-state index is 13.0. The maximum absolute atomic E-state index is 13.0. The number of rotatable bonds is 7. The van der Waals surface area contributed by atoms with E-state index in [-0.39, 0.29) is 16.8 Å². The van der Waals surface area contributed by atoms with Crippen LogP contribution in [0.25, 0.3) is 0 Å². The Labute approximate surface area is 178 Å². The Morgan fingerprint density at radius 2 is 1.77 bits per heavy atom. The molecule has 162 valence electrons. The van der Waals surface area contributed by atoms with E-state index in [0.29, 0.717) is 35.7 Å².